The summed E-state index contributed by atoms with van der Waals surface area (Å²) >= 11 is 0. The number of benzene rings is 2. The fourth-order valence-electron chi connectivity index (χ4n) is 3.17. The normalized spacial score (nSPS) is 16.4. The summed E-state index contributed by atoms with van der Waals surface area (Å²) in [7, 11) is 0. The maximum absolute atomic E-state index is 13.5. The van der Waals surface area contributed by atoms with Crippen molar-refractivity contribution in [2.75, 3.05) is 18.5 Å². The number of rotatable bonds is 4. The Morgan fingerprint density at radius 1 is 1.23 bits per heavy atom. The molecule has 2 amide bonds. The molecule has 0 aromatic heterocycles. The Kier molecular flexibility index (Phi) is 5.51. The minimum absolute atomic E-state index is 0.135. The highest BCUT2D eigenvalue weighted by atomic mass is 19.1. The van der Waals surface area contributed by atoms with Gasteiger partial charge in [0.1, 0.15) is 5.82 Å². The summed E-state index contributed by atoms with van der Waals surface area (Å²) in [5, 5.41) is 2.84. The summed E-state index contributed by atoms with van der Waals surface area (Å²) < 4.78 is 18.4. The molecule has 1 saturated heterocycles. The lowest BCUT2D eigenvalue weighted by Gasteiger charge is -2.25. The molecule has 0 radical (unpaired) electrons. The summed E-state index contributed by atoms with van der Waals surface area (Å²) in [6.45, 7) is 2.68. The number of carbonyl (C=O) groups excluding carboxylic acids is 2. The van der Waals surface area contributed by atoms with Crippen molar-refractivity contribution in [2.24, 2.45) is 0 Å². The number of hydrogen-bond donors (Lipinski definition) is 1. The zero-order chi connectivity index (χ0) is 18.5. The third-order valence-corrected chi connectivity index (χ3v) is 4.39. The largest absolute Gasteiger partial charge is 0.462 e. The standard InChI is InChI=1S/C20H21FN2O3/c1-2-26-19(24)14-8-10-17(11-9-14)22-20(25)23-12-4-7-18(23)15-5-3-6-16(21)13-15/h3,5-6,8-11,13,18H,2,4,7,12H2,1H3,(H,22,25)/t18-/m1/s1. The first-order chi connectivity index (χ1) is 12.6. The van der Waals surface area contributed by atoms with Crippen LogP contribution in [0.25, 0.3) is 0 Å². The van der Waals surface area contributed by atoms with Gasteiger partial charge >= 0.3 is 12.0 Å². The second-order valence-corrected chi connectivity index (χ2v) is 6.13. The van der Waals surface area contributed by atoms with E-state index in [1.165, 1.54) is 12.1 Å². The van der Waals surface area contributed by atoms with Crippen LogP contribution in [0.1, 0.15) is 41.7 Å². The lowest BCUT2D eigenvalue weighted by atomic mass is 10.0. The van der Waals surface area contributed by atoms with Crippen molar-refractivity contribution in [1.29, 1.82) is 0 Å². The van der Waals surface area contributed by atoms with Gasteiger partial charge in [0.2, 0.25) is 0 Å². The molecule has 6 heteroatoms. The van der Waals surface area contributed by atoms with Gasteiger partial charge in [-0.1, -0.05) is 12.1 Å². The van der Waals surface area contributed by atoms with E-state index >= 15 is 0 Å². The van der Waals surface area contributed by atoms with Gasteiger partial charge in [-0.25, -0.2) is 14.0 Å². The third kappa shape index (κ3) is 4.02. The van der Waals surface area contributed by atoms with E-state index in [4.69, 9.17) is 4.74 Å². The van der Waals surface area contributed by atoms with Gasteiger partial charge < -0.3 is 15.0 Å². The molecule has 1 heterocycles. The van der Waals surface area contributed by atoms with Crippen LogP contribution in [0.3, 0.4) is 0 Å². The molecule has 1 aliphatic heterocycles. The number of nitrogens with zero attached hydrogens (tertiary/aromatic N) is 1. The van der Waals surface area contributed by atoms with Crippen molar-refractivity contribution in [3.63, 3.8) is 0 Å². The molecule has 26 heavy (non-hydrogen) atoms. The molecule has 3 rings (SSSR count). The average Bonchev–Trinajstić information content (AvgIpc) is 3.12. The average molecular weight is 356 g/mol. The highest BCUT2D eigenvalue weighted by molar-refractivity contribution is 5.92. The van der Waals surface area contributed by atoms with Gasteiger partial charge in [-0.3, -0.25) is 0 Å². The number of nitrogens with one attached hydrogen (secondary N) is 1. The molecule has 1 fully saturated rings. The van der Waals surface area contributed by atoms with Crippen molar-refractivity contribution >= 4 is 17.7 Å². The van der Waals surface area contributed by atoms with Crippen molar-refractivity contribution < 1.29 is 18.7 Å². The van der Waals surface area contributed by atoms with Crippen LogP contribution in [0.5, 0.6) is 0 Å². The highest BCUT2D eigenvalue weighted by Gasteiger charge is 2.30. The van der Waals surface area contributed by atoms with E-state index in [9.17, 15) is 14.0 Å². The third-order valence-electron chi connectivity index (χ3n) is 4.39. The van der Waals surface area contributed by atoms with Crippen LogP contribution < -0.4 is 5.32 Å². The van der Waals surface area contributed by atoms with E-state index in [0.29, 0.717) is 24.4 Å². The van der Waals surface area contributed by atoms with Crippen molar-refractivity contribution in [3.05, 3.63) is 65.5 Å². The number of halogens is 1. The summed E-state index contributed by atoms with van der Waals surface area (Å²) in [4.78, 5) is 26.0. The van der Waals surface area contributed by atoms with Crippen LogP contribution in [0, 0.1) is 5.82 Å². The van der Waals surface area contributed by atoms with E-state index in [1.807, 2.05) is 6.07 Å². The molecule has 0 spiro atoms. The lowest BCUT2D eigenvalue weighted by molar-refractivity contribution is 0.0526. The number of carbonyl (C=O) groups is 2. The molecule has 2 aromatic carbocycles. The van der Waals surface area contributed by atoms with Gasteiger partial charge in [-0.15, -0.1) is 0 Å². The maximum atomic E-state index is 13.5. The molecule has 0 aliphatic carbocycles. The Morgan fingerprint density at radius 3 is 2.69 bits per heavy atom. The number of anilines is 1. The van der Waals surface area contributed by atoms with Gasteiger partial charge in [-0.2, -0.15) is 0 Å². The number of amides is 2. The number of likely N-dealkylation sites (tertiary alicyclic amines) is 1. The smallest absolute Gasteiger partial charge is 0.338 e. The molecule has 5 nitrogen and oxygen atoms in total. The molecular weight excluding hydrogens is 335 g/mol. The van der Waals surface area contributed by atoms with E-state index in [2.05, 4.69) is 5.32 Å². The van der Waals surface area contributed by atoms with Gasteiger partial charge in [-0.05, 0) is 61.7 Å². The summed E-state index contributed by atoms with van der Waals surface area (Å²) in [6.07, 6.45) is 1.68. The zero-order valence-corrected chi connectivity index (χ0v) is 14.6. The summed E-state index contributed by atoms with van der Waals surface area (Å²) in [6, 6.07) is 12.6. The summed E-state index contributed by atoms with van der Waals surface area (Å²) in [5.74, 6) is -0.694. The molecule has 0 saturated carbocycles. The highest BCUT2D eigenvalue weighted by Crippen LogP contribution is 2.32. The molecule has 0 bridgehead atoms. The minimum Gasteiger partial charge on any atom is -0.462 e. The molecule has 1 atom stereocenters. The predicted octanol–water partition coefficient (Wildman–Crippen LogP) is 4.37. The summed E-state index contributed by atoms with van der Waals surface area (Å²) in [5.41, 5.74) is 1.83. The second kappa shape index (κ2) is 7.99. The molecule has 136 valence electrons. The van der Waals surface area contributed by atoms with Crippen LogP contribution in [-0.4, -0.2) is 30.1 Å². The van der Waals surface area contributed by atoms with E-state index in [0.717, 1.165) is 18.4 Å². The minimum atomic E-state index is -0.393. The topological polar surface area (TPSA) is 58.6 Å². The first kappa shape index (κ1) is 17.9. The number of urea groups is 1. The van der Waals surface area contributed by atoms with Crippen LogP contribution in [0.15, 0.2) is 48.5 Å². The first-order valence-corrected chi connectivity index (χ1v) is 8.68. The quantitative estimate of drug-likeness (QED) is 0.828. The fraction of sp³-hybridized carbons (Fsp3) is 0.300. The monoisotopic (exact) mass is 356 g/mol. The lowest BCUT2D eigenvalue weighted by Crippen LogP contribution is -2.34. The van der Waals surface area contributed by atoms with Crippen molar-refractivity contribution in [2.45, 2.75) is 25.8 Å². The van der Waals surface area contributed by atoms with Crippen LogP contribution in [0.4, 0.5) is 14.9 Å². The van der Waals surface area contributed by atoms with Crippen LogP contribution in [-0.2, 0) is 4.74 Å². The second-order valence-electron chi connectivity index (χ2n) is 6.13. The van der Waals surface area contributed by atoms with E-state index in [1.54, 1.807) is 42.2 Å². The van der Waals surface area contributed by atoms with E-state index < -0.39 is 5.97 Å². The van der Waals surface area contributed by atoms with Gasteiger partial charge in [0.25, 0.3) is 0 Å². The van der Waals surface area contributed by atoms with Crippen molar-refractivity contribution in [3.8, 4) is 0 Å². The predicted molar refractivity (Wildman–Crippen MR) is 96.5 cm³/mol. The number of ether oxygens (including phenoxy) is 1. The molecular formula is C20H21FN2O3. The van der Waals surface area contributed by atoms with Gasteiger partial charge in [0.15, 0.2) is 0 Å². The molecule has 0 unspecified atom stereocenters. The van der Waals surface area contributed by atoms with Crippen LogP contribution >= 0.6 is 0 Å². The van der Waals surface area contributed by atoms with Gasteiger partial charge in [0, 0.05) is 12.2 Å². The fourth-order valence-corrected chi connectivity index (χ4v) is 3.17. The zero-order valence-electron chi connectivity index (χ0n) is 14.6. The Balaban J connectivity index is 1.68. The van der Waals surface area contributed by atoms with Crippen molar-refractivity contribution in [1.82, 2.24) is 4.90 Å². The first-order valence-electron chi connectivity index (χ1n) is 8.68. The molecule has 2 aromatic rings. The van der Waals surface area contributed by atoms with Crippen LogP contribution in [0.2, 0.25) is 0 Å². The molecule has 1 N–H and O–H groups in total. The SMILES string of the molecule is CCOC(=O)c1ccc(NC(=O)N2CCC[C@@H]2c2cccc(F)c2)cc1. The molecule has 1 aliphatic rings. The van der Waals surface area contributed by atoms with Gasteiger partial charge in [0.05, 0.1) is 18.2 Å². The Bertz CT molecular complexity index is 792. The Morgan fingerprint density at radius 2 is 2.00 bits per heavy atom. The van der Waals surface area contributed by atoms with E-state index in [-0.39, 0.29) is 17.9 Å². The maximum Gasteiger partial charge on any atom is 0.338 e. The Hall–Kier alpha value is -2.89. The Labute approximate surface area is 151 Å². The number of esters is 1. The number of hydrogen-bond acceptors (Lipinski definition) is 3.